The van der Waals surface area contributed by atoms with Crippen molar-refractivity contribution in [3.63, 3.8) is 0 Å². The Morgan fingerprint density at radius 1 is 1.30 bits per heavy atom. The molecule has 0 saturated heterocycles. The number of hydrogen-bond donors (Lipinski definition) is 1. The van der Waals surface area contributed by atoms with Gasteiger partial charge in [-0.3, -0.25) is 4.98 Å². The van der Waals surface area contributed by atoms with Gasteiger partial charge in [-0.2, -0.15) is 10.1 Å². The first-order valence-electron chi connectivity index (χ1n) is 6.34. The minimum atomic E-state index is -0.292. The number of fused-ring (bicyclic) bond motifs is 1. The van der Waals surface area contributed by atoms with Crippen molar-refractivity contribution in [1.82, 2.24) is 24.7 Å². The zero-order valence-electron chi connectivity index (χ0n) is 11.6. The Morgan fingerprint density at radius 3 is 2.85 bits per heavy atom. The summed E-state index contributed by atoms with van der Waals surface area (Å²) in [4.78, 5) is 8.46. The number of rotatable bonds is 2. The van der Waals surface area contributed by atoms with Gasteiger partial charge in [0, 0.05) is 12.4 Å². The highest BCUT2D eigenvalue weighted by atomic mass is 16.5. The molecule has 104 valence electrons. The standard InChI is InChI=1S/C13H16N6O/c1-13(2,3)10(14)11-17-12(20-18-11)8-6-16-19-5-4-15-7-9(8)19/h4-7,10H,14H2,1-3H3. The van der Waals surface area contributed by atoms with Crippen molar-refractivity contribution in [2.75, 3.05) is 0 Å². The van der Waals surface area contributed by atoms with E-state index in [1.165, 1.54) is 0 Å². The molecule has 3 rings (SSSR count). The largest absolute Gasteiger partial charge is 0.334 e. The van der Waals surface area contributed by atoms with Crippen LogP contribution < -0.4 is 5.73 Å². The van der Waals surface area contributed by atoms with E-state index < -0.39 is 0 Å². The zero-order valence-corrected chi connectivity index (χ0v) is 11.6. The molecule has 0 saturated carbocycles. The van der Waals surface area contributed by atoms with Gasteiger partial charge in [0.05, 0.1) is 29.5 Å². The Kier molecular flexibility index (Phi) is 2.79. The van der Waals surface area contributed by atoms with Crippen LogP contribution in [0.3, 0.4) is 0 Å². The number of nitrogens with zero attached hydrogens (tertiary/aromatic N) is 5. The Hall–Kier alpha value is -2.28. The molecule has 0 spiro atoms. The quantitative estimate of drug-likeness (QED) is 0.764. The van der Waals surface area contributed by atoms with Gasteiger partial charge < -0.3 is 10.3 Å². The molecule has 0 aromatic carbocycles. The van der Waals surface area contributed by atoms with E-state index in [-0.39, 0.29) is 11.5 Å². The van der Waals surface area contributed by atoms with Gasteiger partial charge in [-0.05, 0) is 5.41 Å². The smallest absolute Gasteiger partial charge is 0.261 e. The minimum absolute atomic E-state index is 0.135. The maximum absolute atomic E-state index is 6.13. The zero-order chi connectivity index (χ0) is 14.3. The van der Waals surface area contributed by atoms with E-state index in [0.29, 0.717) is 11.7 Å². The highest BCUT2D eigenvalue weighted by molar-refractivity contribution is 5.73. The molecule has 7 nitrogen and oxygen atoms in total. The summed E-state index contributed by atoms with van der Waals surface area (Å²) in [6.45, 7) is 6.10. The fraction of sp³-hybridized carbons (Fsp3) is 0.385. The normalized spacial score (nSPS) is 13.8. The lowest BCUT2D eigenvalue weighted by molar-refractivity contribution is 0.303. The van der Waals surface area contributed by atoms with Crippen molar-refractivity contribution in [2.45, 2.75) is 26.8 Å². The van der Waals surface area contributed by atoms with Crippen LogP contribution in [0, 0.1) is 5.41 Å². The third kappa shape index (κ3) is 2.05. The molecule has 0 aliphatic heterocycles. The molecular weight excluding hydrogens is 256 g/mol. The lowest BCUT2D eigenvalue weighted by Gasteiger charge is -2.23. The second kappa shape index (κ2) is 4.38. The van der Waals surface area contributed by atoms with Gasteiger partial charge in [-0.15, -0.1) is 0 Å². The fourth-order valence-electron chi connectivity index (χ4n) is 1.86. The van der Waals surface area contributed by atoms with Crippen LogP contribution in [0.5, 0.6) is 0 Å². The average Bonchev–Trinajstić information content (AvgIpc) is 3.02. The van der Waals surface area contributed by atoms with E-state index in [2.05, 4.69) is 20.2 Å². The van der Waals surface area contributed by atoms with Crippen molar-refractivity contribution in [1.29, 1.82) is 0 Å². The summed E-state index contributed by atoms with van der Waals surface area (Å²) in [6.07, 6.45) is 6.81. The van der Waals surface area contributed by atoms with Crippen molar-refractivity contribution in [3.05, 3.63) is 30.6 Å². The van der Waals surface area contributed by atoms with E-state index in [4.69, 9.17) is 10.3 Å². The molecule has 0 amide bonds. The monoisotopic (exact) mass is 272 g/mol. The van der Waals surface area contributed by atoms with Crippen molar-refractivity contribution in [3.8, 4) is 11.5 Å². The van der Waals surface area contributed by atoms with Gasteiger partial charge in [0.15, 0.2) is 5.82 Å². The van der Waals surface area contributed by atoms with Gasteiger partial charge in [0.1, 0.15) is 0 Å². The number of aromatic nitrogens is 5. The molecule has 0 aliphatic carbocycles. The fourth-order valence-corrected chi connectivity index (χ4v) is 1.86. The van der Waals surface area contributed by atoms with Crippen molar-refractivity contribution >= 4 is 5.52 Å². The first kappa shape index (κ1) is 12.7. The number of nitrogens with two attached hydrogens (primary N) is 1. The van der Waals surface area contributed by atoms with Gasteiger partial charge >= 0.3 is 0 Å². The molecular formula is C13H16N6O. The Bertz CT molecular complexity index is 738. The van der Waals surface area contributed by atoms with Gasteiger partial charge in [-0.1, -0.05) is 25.9 Å². The van der Waals surface area contributed by atoms with Gasteiger partial charge in [0.2, 0.25) is 0 Å². The first-order chi connectivity index (χ1) is 9.47. The molecule has 20 heavy (non-hydrogen) atoms. The second-order valence-electron chi connectivity index (χ2n) is 5.77. The van der Waals surface area contributed by atoms with Crippen LogP contribution in [-0.4, -0.2) is 24.7 Å². The summed E-state index contributed by atoms with van der Waals surface area (Å²) in [6, 6.07) is -0.292. The molecule has 0 aliphatic rings. The summed E-state index contributed by atoms with van der Waals surface area (Å²) in [5, 5.41) is 8.19. The van der Waals surface area contributed by atoms with Gasteiger partial charge in [-0.25, -0.2) is 4.52 Å². The predicted octanol–water partition coefficient (Wildman–Crippen LogP) is 1.83. The van der Waals surface area contributed by atoms with Crippen molar-refractivity contribution < 1.29 is 4.52 Å². The summed E-state index contributed by atoms with van der Waals surface area (Å²) < 4.78 is 7.02. The minimum Gasteiger partial charge on any atom is -0.334 e. The SMILES string of the molecule is CC(C)(C)C(N)c1noc(-c2cnn3ccncc23)n1. The van der Waals surface area contributed by atoms with Crippen LogP contribution in [0.4, 0.5) is 0 Å². The molecule has 3 aromatic heterocycles. The van der Waals surface area contributed by atoms with E-state index in [0.717, 1.165) is 11.1 Å². The molecule has 0 bridgehead atoms. The van der Waals surface area contributed by atoms with Crippen LogP contribution in [-0.2, 0) is 0 Å². The molecule has 2 N–H and O–H groups in total. The molecule has 0 radical (unpaired) electrons. The third-order valence-corrected chi connectivity index (χ3v) is 3.21. The van der Waals surface area contributed by atoms with E-state index >= 15 is 0 Å². The lowest BCUT2D eigenvalue weighted by atomic mass is 9.87. The highest BCUT2D eigenvalue weighted by Gasteiger charge is 2.27. The summed E-state index contributed by atoms with van der Waals surface area (Å²) >= 11 is 0. The maximum Gasteiger partial charge on any atom is 0.261 e. The summed E-state index contributed by atoms with van der Waals surface area (Å²) in [5.41, 5.74) is 7.56. The predicted molar refractivity (Wildman–Crippen MR) is 72.7 cm³/mol. The summed E-state index contributed by atoms with van der Waals surface area (Å²) in [7, 11) is 0. The van der Waals surface area contributed by atoms with E-state index in [9.17, 15) is 0 Å². The Balaban J connectivity index is 2.02. The van der Waals surface area contributed by atoms with Crippen LogP contribution in [0.25, 0.3) is 17.0 Å². The molecule has 3 aromatic rings. The molecule has 1 atom stereocenters. The average molecular weight is 272 g/mol. The van der Waals surface area contributed by atoms with Crippen LogP contribution in [0.1, 0.15) is 32.6 Å². The van der Waals surface area contributed by atoms with Crippen LogP contribution >= 0.6 is 0 Å². The first-order valence-corrected chi connectivity index (χ1v) is 6.34. The third-order valence-electron chi connectivity index (χ3n) is 3.21. The Labute approximate surface area is 115 Å². The molecule has 3 heterocycles. The Morgan fingerprint density at radius 2 is 2.10 bits per heavy atom. The van der Waals surface area contributed by atoms with E-state index in [1.54, 1.807) is 29.3 Å². The van der Waals surface area contributed by atoms with E-state index in [1.807, 2.05) is 20.8 Å². The van der Waals surface area contributed by atoms with Gasteiger partial charge in [0.25, 0.3) is 5.89 Å². The topological polar surface area (TPSA) is 95.1 Å². The number of hydrogen-bond acceptors (Lipinski definition) is 6. The second-order valence-corrected chi connectivity index (χ2v) is 5.77. The maximum atomic E-state index is 6.13. The lowest BCUT2D eigenvalue weighted by Crippen LogP contribution is -2.27. The van der Waals surface area contributed by atoms with Crippen LogP contribution in [0.2, 0.25) is 0 Å². The molecule has 7 heteroatoms. The highest BCUT2D eigenvalue weighted by Crippen LogP contribution is 2.30. The van der Waals surface area contributed by atoms with Crippen LogP contribution in [0.15, 0.2) is 29.3 Å². The molecule has 0 fully saturated rings. The van der Waals surface area contributed by atoms with Crippen molar-refractivity contribution in [2.24, 2.45) is 11.1 Å². The summed E-state index contributed by atoms with van der Waals surface area (Å²) in [5.74, 6) is 0.901. The molecule has 1 unspecified atom stereocenters.